The predicted molar refractivity (Wildman–Crippen MR) is 106 cm³/mol. The minimum Gasteiger partial charge on any atom is -0.508 e. The molecule has 30 heavy (non-hydrogen) atoms. The quantitative estimate of drug-likeness (QED) is 0.320. The number of nitrogen functional groups attached to an aromatic ring is 2. The van der Waals surface area contributed by atoms with Gasteiger partial charge in [0.15, 0.2) is 5.60 Å². The average Bonchev–Trinajstić information content (AvgIpc) is 2.97. The van der Waals surface area contributed by atoms with Crippen LogP contribution in [-0.2, 0) is 15.1 Å². The highest BCUT2D eigenvalue weighted by Gasteiger charge is 2.54. The van der Waals surface area contributed by atoms with Gasteiger partial charge in [0.2, 0.25) is 0 Å². The van der Waals surface area contributed by atoms with Crippen LogP contribution in [-0.4, -0.2) is 17.0 Å². The number of fused-ring (bicyclic) bond motifs is 6. The maximum Gasteiger partial charge on any atom is 0.342 e. The second-order valence-corrected chi connectivity index (χ2v) is 7.10. The number of hydrogen-bond acceptors (Lipinski definition) is 8. The Hall–Kier alpha value is -4.20. The minimum atomic E-state index is -1.36. The molecule has 8 nitrogen and oxygen atoms in total. The lowest BCUT2D eigenvalue weighted by Gasteiger charge is -2.36. The van der Waals surface area contributed by atoms with Crippen LogP contribution < -0.4 is 20.9 Å². The van der Waals surface area contributed by atoms with Gasteiger partial charge in [-0.25, -0.2) is 4.79 Å². The van der Waals surface area contributed by atoms with Crippen LogP contribution in [0.25, 0.3) is 0 Å². The fraction of sp³-hybridized carbons (Fsp3) is 0.0909. The molecule has 5 rings (SSSR count). The molecule has 1 unspecified atom stereocenters. The van der Waals surface area contributed by atoms with Gasteiger partial charge in [0.05, 0.1) is 16.9 Å². The molecule has 0 aliphatic carbocycles. The fourth-order valence-electron chi connectivity index (χ4n) is 4.05. The van der Waals surface area contributed by atoms with Gasteiger partial charge in [0, 0.05) is 35.7 Å². The highest BCUT2D eigenvalue weighted by molar-refractivity contribution is 6.04. The van der Waals surface area contributed by atoms with E-state index in [4.69, 9.17) is 25.7 Å². The molecule has 1 spiro atoms. The second kappa shape index (κ2) is 5.90. The molecule has 2 aliphatic rings. The number of ether oxygens (including phenoxy) is 3. The number of anilines is 2. The van der Waals surface area contributed by atoms with Crippen molar-refractivity contribution in [2.75, 3.05) is 11.5 Å². The number of esters is 2. The van der Waals surface area contributed by atoms with Crippen molar-refractivity contribution in [3.8, 4) is 23.0 Å². The molecule has 0 bridgehead atoms. The number of benzene rings is 3. The van der Waals surface area contributed by atoms with Crippen LogP contribution in [0.1, 0.15) is 34.0 Å². The Morgan fingerprint density at radius 3 is 2.40 bits per heavy atom. The Bertz CT molecular complexity index is 1270. The summed E-state index contributed by atoms with van der Waals surface area (Å²) in [5.41, 5.74) is 12.8. The van der Waals surface area contributed by atoms with Crippen LogP contribution >= 0.6 is 0 Å². The van der Waals surface area contributed by atoms with E-state index in [2.05, 4.69) is 0 Å². The first-order chi connectivity index (χ1) is 14.3. The SMILES string of the molecule is CC(=O)Oc1ccc2c(c1)Oc1cc(O)ccc1C21OC(=O)c2c1ccc(N)c2N. The lowest BCUT2D eigenvalue weighted by atomic mass is 9.77. The van der Waals surface area contributed by atoms with Crippen molar-refractivity contribution in [2.24, 2.45) is 0 Å². The van der Waals surface area contributed by atoms with Crippen LogP contribution in [0.4, 0.5) is 11.4 Å². The molecule has 3 aromatic carbocycles. The summed E-state index contributed by atoms with van der Waals surface area (Å²) in [6.07, 6.45) is 0. The highest BCUT2D eigenvalue weighted by Crippen LogP contribution is 2.58. The van der Waals surface area contributed by atoms with Crippen LogP contribution in [0.15, 0.2) is 48.5 Å². The number of phenols is 1. The standard InChI is InChI=1S/C22H16N2O6/c1-10(25)28-12-3-5-14-18(9-12)29-17-8-11(26)2-4-13(17)22(14)15-6-7-16(23)20(24)19(15)21(27)30-22/h2-9,26H,23-24H2,1H3. The normalized spacial score (nSPS) is 18.1. The van der Waals surface area contributed by atoms with Gasteiger partial charge in [-0.05, 0) is 30.3 Å². The number of carbonyl (C=O) groups is 2. The van der Waals surface area contributed by atoms with Crippen LogP contribution in [0.3, 0.4) is 0 Å². The van der Waals surface area contributed by atoms with Gasteiger partial charge in [0.25, 0.3) is 0 Å². The molecule has 1 atom stereocenters. The number of nitrogens with two attached hydrogens (primary N) is 2. The molecule has 0 saturated heterocycles. The van der Waals surface area contributed by atoms with E-state index in [0.29, 0.717) is 28.2 Å². The van der Waals surface area contributed by atoms with Gasteiger partial charge in [0.1, 0.15) is 23.0 Å². The lowest BCUT2D eigenvalue weighted by Crippen LogP contribution is -2.33. The van der Waals surface area contributed by atoms with Gasteiger partial charge in [-0.2, -0.15) is 0 Å². The van der Waals surface area contributed by atoms with Crippen LogP contribution in [0, 0.1) is 0 Å². The third-order valence-electron chi connectivity index (χ3n) is 5.27. The maximum absolute atomic E-state index is 12.9. The Morgan fingerprint density at radius 1 is 1.00 bits per heavy atom. The largest absolute Gasteiger partial charge is 0.508 e. The first-order valence-corrected chi connectivity index (χ1v) is 9.07. The zero-order chi connectivity index (χ0) is 21.2. The number of aromatic hydroxyl groups is 1. The molecule has 0 saturated carbocycles. The molecule has 0 radical (unpaired) electrons. The summed E-state index contributed by atoms with van der Waals surface area (Å²) < 4.78 is 17.1. The fourth-order valence-corrected chi connectivity index (χ4v) is 4.05. The number of rotatable bonds is 1. The summed E-state index contributed by atoms with van der Waals surface area (Å²) in [6, 6.07) is 12.6. The van der Waals surface area contributed by atoms with E-state index in [1.165, 1.54) is 25.1 Å². The minimum absolute atomic E-state index is 0.0233. The van der Waals surface area contributed by atoms with E-state index in [9.17, 15) is 14.7 Å². The van der Waals surface area contributed by atoms with Gasteiger partial charge in [-0.15, -0.1) is 0 Å². The Labute approximate surface area is 170 Å². The lowest BCUT2D eigenvalue weighted by molar-refractivity contribution is -0.131. The third-order valence-corrected chi connectivity index (χ3v) is 5.27. The molecule has 3 aromatic rings. The van der Waals surface area contributed by atoms with Crippen molar-refractivity contribution in [3.05, 3.63) is 70.8 Å². The van der Waals surface area contributed by atoms with E-state index in [1.54, 1.807) is 30.3 Å². The predicted octanol–water partition coefficient (Wildman–Crippen LogP) is 3.05. The van der Waals surface area contributed by atoms with Crippen molar-refractivity contribution in [1.29, 1.82) is 0 Å². The maximum atomic E-state index is 12.9. The molecule has 5 N–H and O–H groups in total. The van der Waals surface area contributed by atoms with E-state index < -0.39 is 17.5 Å². The Morgan fingerprint density at radius 2 is 1.67 bits per heavy atom. The molecule has 0 amide bonds. The zero-order valence-corrected chi connectivity index (χ0v) is 15.8. The molecular weight excluding hydrogens is 388 g/mol. The molecule has 8 heteroatoms. The number of carbonyl (C=O) groups excluding carboxylic acids is 2. The van der Waals surface area contributed by atoms with Crippen molar-refractivity contribution in [2.45, 2.75) is 12.5 Å². The zero-order valence-electron chi connectivity index (χ0n) is 15.8. The Balaban J connectivity index is 1.84. The van der Waals surface area contributed by atoms with Crippen LogP contribution in [0.5, 0.6) is 23.0 Å². The summed E-state index contributed by atoms with van der Waals surface area (Å²) in [5.74, 6) is -0.266. The highest BCUT2D eigenvalue weighted by atomic mass is 16.6. The molecule has 150 valence electrons. The molecule has 2 aliphatic heterocycles. The Kier molecular flexibility index (Phi) is 3.51. The third kappa shape index (κ3) is 2.27. The van der Waals surface area contributed by atoms with Gasteiger partial charge < -0.3 is 30.8 Å². The molecule has 0 aromatic heterocycles. The summed E-state index contributed by atoms with van der Waals surface area (Å²) in [7, 11) is 0. The van der Waals surface area contributed by atoms with Gasteiger partial charge in [-0.1, -0.05) is 6.07 Å². The van der Waals surface area contributed by atoms with Gasteiger partial charge >= 0.3 is 11.9 Å². The summed E-state index contributed by atoms with van der Waals surface area (Å²) in [5, 5.41) is 9.98. The molecule has 2 heterocycles. The van der Waals surface area contributed by atoms with E-state index in [1.807, 2.05) is 0 Å². The topological polar surface area (TPSA) is 134 Å². The van der Waals surface area contributed by atoms with E-state index in [0.717, 1.165) is 0 Å². The van der Waals surface area contributed by atoms with Crippen LogP contribution in [0.2, 0.25) is 0 Å². The first kappa shape index (κ1) is 17.9. The second-order valence-electron chi connectivity index (χ2n) is 7.10. The smallest absolute Gasteiger partial charge is 0.342 e. The number of phenolic OH excluding ortho intramolecular Hbond substituents is 1. The summed E-state index contributed by atoms with van der Waals surface area (Å²) in [4.78, 5) is 24.3. The van der Waals surface area contributed by atoms with Crippen molar-refractivity contribution in [1.82, 2.24) is 0 Å². The summed E-state index contributed by atoms with van der Waals surface area (Å²) in [6.45, 7) is 1.29. The average molecular weight is 404 g/mol. The van der Waals surface area contributed by atoms with E-state index in [-0.39, 0.29) is 28.4 Å². The summed E-state index contributed by atoms with van der Waals surface area (Å²) >= 11 is 0. The molecular formula is C22H16N2O6. The number of hydrogen-bond donors (Lipinski definition) is 3. The van der Waals surface area contributed by atoms with Crippen molar-refractivity contribution >= 4 is 23.3 Å². The van der Waals surface area contributed by atoms with Crippen molar-refractivity contribution < 1.29 is 28.9 Å². The van der Waals surface area contributed by atoms with Crippen molar-refractivity contribution in [3.63, 3.8) is 0 Å². The first-order valence-electron chi connectivity index (χ1n) is 9.07. The van der Waals surface area contributed by atoms with Gasteiger partial charge in [-0.3, -0.25) is 4.79 Å². The molecule has 0 fully saturated rings. The van der Waals surface area contributed by atoms with E-state index >= 15 is 0 Å². The monoisotopic (exact) mass is 404 g/mol.